The molecule has 0 atom stereocenters. The Labute approximate surface area is 82.2 Å². The lowest BCUT2D eigenvalue weighted by atomic mass is 10.1. The topological polar surface area (TPSA) is 75.1 Å². The van der Waals surface area contributed by atoms with Crippen LogP contribution >= 0.6 is 0 Å². The maximum Gasteiger partial charge on any atom is 0.339 e. The van der Waals surface area contributed by atoms with E-state index in [4.69, 9.17) is 5.11 Å². The van der Waals surface area contributed by atoms with E-state index in [1.165, 1.54) is 0 Å². The van der Waals surface area contributed by atoms with Crippen LogP contribution in [-0.4, -0.2) is 27.8 Å². The van der Waals surface area contributed by atoms with E-state index in [-0.39, 0.29) is 5.56 Å². The summed E-state index contributed by atoms with van der Waals surface area (Å²) in [5, 5.41) is 19.5. The molecule has 0 fully saturated rings. The van der Waals surface area contributed by atoms with E-state index >= 15 is 0 Å². The monoisotopic (exact) mass is 195 g/mol. The molecule has 1 aromatic rings. The normalized spacial score (nSPS) is 9.93. The minimum absolute atomic E-state index is 0.208. The maximum atomic E-state index is 11.0. The van der Waals surface area contributed by atoms with Crippen molar-refractivity contribution in [2.24, 2.45) is 0 Å². The molecule has 0 radical (unpaired) electrons. The second-order valence-corrected chi connectivity index (χ2v) is 2.97. The predicted octanol–water partition coefficient (Wildman–Crippen LogP) is 1.22. The van der Waals surface area contributed by atoms with Gasteiger partial charge in [-0.2, -0.15) is 5.10 Å². The molecule has 0 saturated heterocycles. The quantitative estimate of drug-likeness (QED) is 0.758. The zero-order valence-electron chi connectivity index (χ0n) is 8.46. The first kappa shape index (κ1) is 10.4. The Bertz CT molecular complexity index is 363. The van der Waals surface area contributed by atoms with Crippen LogP contribution in [0.25, 0.3) is 0 Å². The van der Waals surface area contributed by atoms with Gasteiger partial charge in [-0.1, -0.05) is 0 Å². The summed E-state index contributed by atoms with van der Waals surface area (Å²) >= 11 is 0. The van der Waals surface area contributed by atoms with Crippen molar-refractivity contribution in [1.82, 2.24) is 10.2 Å². The summed E-state index contributed by atoms with van der Waals surface area (Å²) in [6, 6.07) is 0. The molecule has 0 bridgehead atoms. The van der Waals surface area contributed by atoms with Crippen LogP contribution in [0.4, 0.5) is 5.82 Å². The van der Waals surface area contributed by atoms with Gasteiger partial charge in [-0.05, 0) is 26.3 Å². The van der Waals surface area contributed by atoms with E-state index < -0.39 is 5.97 Å². The highest BCUT2D eigenvalue weighted by atomic mass is 16.4. The van der Waals surface area contributed by atoms with Crippen molar-refractivity contribution >= 4 is 11.8 Å². The molecule has 0 spiro atoms. The lowest BCUT2D eigenvalue weighted by Gasteiger charge is -2.09. The molecule has 0 amide bonds. The fourth-order valence-corrected chi connectivity index (χ4v) is 1.16. The van der Waals surface area contributed by atoms with Gasteiger partial charge in [0.05, 0.1) is 5.69 Å². The van der Waals surface area contributed by atoms with Gasteiger partial charge in [-0.15, -0.1) is 5.10 Å². The zero-order chi connectivity index (χ0) is 10.7. The Morgan fingerprint density at radius 1 is 1.43 bits per heavy atom. The molecule has 5 nitrogen and oxygen atoms in total. The van der Waals surface area contributed by atoms with Crippen molar-refractivity contribution in [2.75, 3.05) is 11.9 Å². The molecule has 0 aliphatic rings. The number of aromatic carboxylic acids is 1. The summed E-state index contributed by atoms with van der Waals surface area (Å²) in [5.74, 6) is -0.639. The van der Waals surface area contributed by atoms with Gasteiger partial charge in [0.15, 0.2) is 5.82 Å². The van der Waals surface area contributed by atoms with Crippen LogP contribution in [0.3, 0.4) is 0 Å². The van der Waals surface area contributed by atoms with Crippen molar-refractivity contribution < 1.29 is 9.90 Å². The summed E-state index contributed by atoms with van der Waals surface area (Å²) in [7, 11) is 0. The maximum absolute atomic E-state index is 11.0. The number of carboxylic acids is 1. The molecule has 0 unspecified atom stereocenters. The van der Waals surface area contributed by atoms with Crippen molar-refractivity contribution in [1.29, 1.82) is 0 Å². The Morgan fingerprint density at radius 3 is 2.57 bits per heavy atom. The first-order valence-corrected chi connectivity index (χ1v) is 4.39. The molecule has 0 aliphatic heterocycles. The van der Waals surface area contributed by atoms with Crippen molar-refractivity contribution in [2.45, 2.75) is 20.8 Å². The van der Waals surface area contributed by atoms with E-state index in [2.05, 4.69) is 15.5 Å². The van der Waals surface area contributed by atoms with Gasteiger partial charge in [0, 0.05) is 6.54 Å². The third-order valence-electron chi connectivity index (χ3n) is 2.01. The fourth-order valence-electron chi connectivity index (χ4n) is 1.16. The number of nitrogens with one attached hydrogen (secondary N) is 1. The van der Waals surface area contributed by atoms with Crippen molar-refractivity contribution in [3.63, 3.8) is 0 Å². The lowest BCUT2D eigenvalue weighted by Crippen LogP contribution is -2.12. The first-order chi connectivity index (χ1) is 6.57. The number of hydrogen-bond acceptors (Lipinski definition) is 4. The average Bonchev–Trinajstić information content (AvgIpc) is 2.11. The van der Waals surface area contributed by atoms with Crippen LogP contribution in [0.1, 0.15) is 28.5 Å². The van der Waals surface area contributed by atoms with Crippen LogP contribution in [0, 0.1) is 13.8 Å². The second-order valence-electron chi connectivity index (χ2n) is 2.97. The van der Waals surface area contributed by atoms with Crippen molar-refractivity contribution in [3.05, 3.63) is 16.8 Å². The number of aryl methyl sites for hydroxylation is 1. The van der Waals surface area contributed by atoms with Gasteiger partial charge in [0.2, 0.25) is 0 Å². The summed E-state index contributed by atoms with van der Waals surface area (Å²) in [5.41, 5.74) is 1.51. The number of rotatable bonds is 3. The summed E-state index contributed by atoms with van der Waals surface area (Å²) < 4.78 is 0. The Kier molecular flexibility index (Phi) is 3.01. The number of aromatic nitrogens is 2. The molecule has 0 saturated carbocycles. The molecule has 1 aromatic heterocycles. The Balaban J connectivity index is 3.30. The molecular weight excluding hydrogens is 182 g/mol. The third-order valence-corrected chi connectivity index (χ3v) is 2.01. The summed E-state index contributed by atoms with van der Waals surface area (Å²) in [6.45, 7) is 5.97. The van der Waals surface area contributed by atoms with Crippen LogP contribution in [0.15, 0.2) is 0 Å². The lowest BCUT2D eigenvalue weighted by molar-refractivity contribution is 0.0696. The summed E-state index contributed by atoms with van der Waals surface area (Å²) in [6.07, 6.45) is 0. The third kappa shape index (κ3) is 1.81. The molecule has 14 heavy (non-hydrogen) atoms. The SMILES string of the molecule is CCNc1nnc(C)c(C)c1C(=O)O. The molecule has 1 heterocycles. The van der Waals surface area contributed by atoms with Crippen LogP contribution in [-0.2, 0) is 0 Å². The molecular formula is C9H13N3O2. The Morgan fingerprint density at radius 2 is 2.07 bits per heavy atom. The van der Waals surface area contributed by atoms with Crippen LogP contribution in [0.2, 0.25) is 0 Å². The van der Waals surface area contributed by atoms with E-state index in [1.54, 1.807) is 13.8 Å². The molecule has 0 aromatic carbocycles. The van der Waals surface area contributed by atoms with Gasteiger partial charge in [-0.3, -0.25) is 0 Å². The number of carbonyl (C=O) groups is 1. The minimum atomic E-state index is -0.976. The number of anilines is 1. The molecule has 1 rings (SSSR count). The molecule has 0 aliphatic carbocycles. The van der Waals surface area contributed by atoms with Gasteiger partial charge in [0.1, 0.15) is 5.56 Å². The standard InChI is InChI=1S/C9H13N3O2/c1-4-10-8-7(9(13)14)5(2)6(3)11-12-8/h4H2,1-3H3,(H,10,12)(H,13,14). The first-order valence-electron chi connectivity index (χ1n) is 4.39. The van der Waals surface area contributed by atoms with Crippen LogP contribution in [0.5, 0.6) is 0 Å². The predicted molar refractivity (Wildman–Crippen MR) is 52.6 cm³/mol. The van der Waals surface area contributed by atoms with E-state index in [0.717, 1.165) is 0 Å². The largest absolute Gasteiger partial charge is 0.478 e. The highest BCUT2D eigenvalue weighted by Gasteiger charge is 2.16. The van der Waals surface area contributed by atoms with E-state index in [9.17, 15) is 4.79 Å². The molecule has 5 heteroatoms. The highest BCUT2D eigenvalue weighted by Crippen LogP contribution is 2.17. The Hall–Kier alpha value is -1.65. The minimum Gasteiger partial charge on any atom is -0.478 e. The second kappa shape index (κ2) is 4.04. The van der Waals surface area contributed by atoms with Gasteiger partial charge in [0.25, 0.3) is 0 Å². The van der Waals surface area contributed by atoms with Gasteiger partial charge < -0.3 is 10.4 Å². The zero-order valence-corrected chi connectivity index (χ0v) is 8.46. The van der Waals surface area contributed by atoms with Gasteiger partial charge >= 0.3 is 5.97 Å². The average molecular weight is 195 g/mol. The van der Waals surface area contributed by atoms with Gasteiger partial charge in [-0.25, -0.2) is 4.79 Å². The molecule has 76 valence electrons. The van der Waals surface area contributed by atoms with Crippen molar-refractivity contribution in [3.8, 4) is 0 Å². The van der Waals surface area contributed by atoms with E-state index in [1.807, 2.05) is 6.92 Å². The number of carboxylic acid groups (broad SMARTS) is 1. The smallest absolute Gasteiger partial charge is 0.339 e. The van der Waals surface area contributed by atoms with E-state index in [0.29, 0.717) is 23.6 Å². The number of hydrogen-bond donors (Lipinski definition) is 2. The van der Waals surface area contributed by atoms with Crippen LogP contribution < -0.4 is 5.32 Å². The summed E-state index contributed by atoms with van der Waals surface area (Å²) in [4.78, 5) is 11.0. The highest BCUT2D eigenvalue weighted by molar-refractivity contribution is 5.94. The molecule has 2 N–H and O–H groups in total. The number of nitrogens with zero attached hydrogens (tertiary/aromatic N) is 2. The fraction of sp³-hybridized carbons (Fsp3) is 0.444.